The van der Waals surface area contributed by atoms with E-state index in [2.05, 4.69) is 5.32 Å². The van der Waals surface area contributed by atoms with Crippen molar-refractivity contribution in [3.63, 3.8) is 0 Å². The van der Waals surface area contributed by atoms with Gasteiger partial charge in [0.15, 0.2) is 0 Å². The predicted octanol–water partition coefficient (Wildman–Crippen LogP) is 3.12. The third-order valence-electron chi connectivity index (χ3n) is 2.74. The highest BCUT2D eigenvalue weighted by atomic mass is 35.7. The topological polar surface area (TPSA) is 63.2 Å². The Morgan fingerprint density at radius 3 is 2.42 bits per heavy atom. The zero-order valence-electron chi connectivity index (χ0n) is 10.2. The summed E-state index contributed by atoms with van der Waals surface area (Å²) in [5, 5.41) is 3.87. The molecule has 4 nitrogen and oxygen atoms in total. The summed E-state index contributed by atoms with van der Waals surface area (Å²) in [6, 6.07) is 9.84. The summed E-state index contributed by atoms with van der Waals surface area (Å²) in [5.74, 6) is -0.133. The minimum Gasteiger partial charge on any atom is -0.326 e. The predicted molar refractivity (Wildman–Crippen MR) is 75.9 cm³/mol. The monoisotopic (exact) mass is 297 g/mol. The lowest BCUT2D eigenvalue weighted by Gasteiger charge is -2.09. The first-order valence-electron chi connectivity index (χ1n) is 5.69. The standard InChI is InChI=1S/C13H12ClNO3S/c1-2-13(16)15-11-7-3-6-10-9(11)5-4-8-12(10)19(14,17)18/h3-8H,2H2,1H3,(H,15,16). The van der Waals surface area contributed by atoms with E-state index in [0.29, 0.717) is 22.9 Å². The lowest BCUT2D eigenvalue weighted by Crippen LogP contribution is -2.09. The molecule has 0 aliphatic rings. The lowest BCUT2D eigenvalue weighted by molar-refractivity contribution is -0.115. The highest BCUT2D eigenvalue weighted by Crippen LogP contribution is 2.30. The summed E-state index contributed by atoms with van der Waals surface area (Å²) in [7, 11) is 1.59. The second-order valence-electron chi connectivity index (χ2n) is 4.00. The summed E-state index contributed by atoms with van der Waals surface area (Å²) in [5.41, 5.74) is 0.575. The fraction of sp³-hybridized carbons (Fsp3) is 0.154. The van der Waals surface area contributed by atoms with Crippen LogP contribution >= 0.6 is 10.7 Å². The van der Waals surface area contributed by atoms with E-state index in [0.717, 1.165) is 0 Å². The molecule has 19 heavy (non-hydrogen) atoms. The van der Waals surface area contributed by atoms with E-state index in [1.165, 1.54) is 6.07 Å². The molecule has 2 rings (SSSR count). The van der Waals surface area contributed by atoms with Gasteiger partial charge in [-0.2, -0.15) is 0 Å². The first-order valence-corrected chi connectivity index (χ1v) is 8.00. The Bertz CT molecular complexity index is 741. The number of halogens is 1. The second-order valence-corrected chi connectivity index (χ2v) is 6.53. The van der Waals surface area contributed by atoms with Gasteiger partial charge < -0.3 is 5.32 Å². The minimum atomic E-state index is -3.82. The zero-order chi connectivity index (χ0) is 14.0. The maximum absolute atomic E-state index is 11.5. The number of hydrogen-bond acceptors (Lipinski definition) is 3. The number of anilines is 1. The molecular weight excluding hydrogens is 286 g/mol. The van der Waals surface area contributed by atoms with Crippen molar-refractivity contribution in [1.82, 2.24) is 0 Å². The molecule has 0 saturated carbocycles. The Labute approximate surface area is 115 Å². The van der Waals surface area contributed by atoms with Crippen LogP contribution in [0, 0.1) is 0 Å². The first-order chi connectivity index (χ1) is 8.93. The van der Waals surface area contributed by atoms with E-state index >= 15 is 0 Å². The average molecular weight is 298 g/mol. The van der Waals surface area contributed by atoms with Crippen LogP contribution in [0.5, 0.6) is 0 Å². The number of rotatable bonds is 3. The largest absolute Gasteiger partial charge is 0.326 e. The molecule has 0 aliphatic heterocycles. The van der Waals surface area contributed by atoms with Gasteiger partial charge in [-0.15, -0.1) is 0 Å². The first kappa shape index (κ1) is 13.8. The molecular formula is C13H12ClNO3S. The highest BCUT2D eigenvalue weighted by molar-refractivity contribution is 8.14. The Morgan fingerprint density at radius 1 is 1.16 bits per heavy atom. The summed E-state index contributed by atoms with van der Waals surface area (Å²) >= 11 is 0. The van der Waals surface area contributed by atoms with Gasteiger partial charge in [0, 0.05) is 33.6 Å². The number of carbonyl (C=O) groups is 1. The van der Waals surface area contributed by atoms with Gasteiger partial charge in [0.05, 0.1) is 4.90 Å². The van der Waals surface area contributed by atoms with Crippen LogP contribution in [0.25, 0.3) is 10.8 Å². The van der Waals surface area contributed by atoms with Gasteiger partial charge in [0.1, 0.15) is 0 Å². The van der Waals surface area contributed by atoms with Crippen molar-refractivity contribution in [2.24, 2.45) is 0 Å². The molecule has 2 aromatic rings. The van der Waals surface area contributed by atoms with Crippen molar-refractivity contribution in [3.05, 3.63) is 36.4 Å². The summed E-state index contributed by atoms with van der Waals surface area (Å²) < 4.78 is 23.0. The molecule has 0 aromatic heterocycles. The fourth-order valence-electron chi connectivity index (χ4n) is 1.84. The summed E-state index contributed by atoms with van der Waals surface area (Å²) in [4.78, 5) is 11.5. The van der Waals surface area contributed by atoms with Crippen molar-refractivity contribution in [1.29, 1.82) is 0 Å². The number of carbonyl (C=O) groups excluding carboxylic acids is 1. The van der Waals surface area contributed by atoms with Crippen LogP contribution < -0.4 is 5.32 Å². The van der Waals surface area contributed by atoms with Gasteiger partial charge in [-0.05, 0) is 12.1 Å². The van der Waals surface area contributed by atoms with Crippen LogP contribution in [0.2, 0.25) is 0 Å². The number of nitrogens with one attached hydrogen (secondary N) is 1. The lowest BCUT2D eigenvalue weighted by atomic mass is 10.1. The molecule has 0 atom stereocenters. The molecule has 6 heteroatoms. The zero-order valence-corrected chi connectivity index (χ0v) is 11.8. The smallest absolute Gasteiger partial charge is 0.261 e. The molecule has 0 spiro atoms. The van der Waals surface area contributed by atoms with Crippen molar-refractivity contribution < 1.29 is 13.2 Å². The number of benzene rings is 2. The molecule has 100 valence electrons. The van der Waals surface area contributed by atoms with Gasteiger partial charge in [-0.25, -0.2) is 8.42 Å². The number of hydrogen-bond donors (Lipinski definition) is 1. The maximum Gasteiger partial charge on any atom is 0.261 e. The van der Waals surface area contributed by atoms with E-state index < -0.39 is 9.05 Å². The highest BCUT2D eigenvalue weighted by Gasteiger charge is 2.15. The summed E-state index contributed by atoms with van der Waals surface area (Å²) in [6.07, 6.45) is 0.351. The Kier molecular flexibility index (Phi) is 3.78. The van der Waals surface area contributed by atoms with Crippen molar-refractivity contribution >= 4 is 42.1 Å². The van der Waals surface area contributed by atoms with Gasteiger partial charge in [0.25, 0.3) is 9.05 Å². The molecule has 0 aliphatic carbocycles. The SMILES string of the molecule is CCC(=O)Nc1cccc2c(S(=O)(=O)Cl)cccc12. The fourth-order valence-corrected chi connectivity index (χ4v) is 2.93. The Balaban J connectivity index is 2.68. The van der Waals surface area contributed by atoms with Crippen LogP contribution in [0.3, 0.4) is 0 Å². The van der Waals surface area contributed by atoms with Gasteiger partial charge in [0.2, 0.25) is 5.91 Å². The minimum absolute atomic E-state index is 0.0410. The van der Waals surface area contributed by atoms with Crippen molar-refractivity contribution in [2.45, 2.75) is 18.2 Å². The van der Waals surface area contributed by atoms with Crippen molar-refractivity contribution in [3.8, 4) is 0 Å². The molecule has 0 saturated heterocycles. The molecule has 0 bridgehead atoms. The normalized spacial score (nSPS) is 11.5. The van der Waals surface area contributed by atoms with E-state index in [4.69, 9.17) is 10.7 Å². The molecule has 0 unspecified atom stereocenters. The maximum atomic E-state index is 11.5. The third-order valence-corrected chi connectivity index (χ3v) is 4.12. The molecule has 1 amide bonds. The van der Waals surface area contributed by atoms with E-state index in [1.807, 2.05) is 0 Å². The molecule has 0 heterocycles. The van der Waals surface area contributed by atoms with Crippen molar-refractivity contribution in [2.75, 3.05) is 5.32 Å². The number of fused-ring (bicyclic) bond motifs is 1. The molecule has 0 radical (unpaired) electrons. The van der Waals surface area contributed by atoms with E-state index in [1.54, 1.807) is 37.3 Å². The van der Waals surface area contributed by atoms with Crippen LogP contribution in [0.4, 0.5) is 5.69 Å². The third kappa shape index (κ3) is 2.88. The molecule has 2 aromatic carbocycles. The Hall–Kier alpha value is -1.59. The van der Waals surface area contributed by atoms with Gasteiger partial charge in [-0.3, -0.25) is 4.79 Å². The summed E-state index contributed by atoms with van der Waals surface area (Å²) in [6.45, 7) is 1.75. The molecule has 1 N–H and O–H groups in total. The van der Waals surface area contributed by atoms with E-state index in [9.17, 15) is 13.2 Å². The van der Waals surface area contributed by atoms with Crippen LogP contribution in [-0.2, 0) is 13.8 Å². The van der Waals surface area contributed by atoms with E-state index in [-0.39, 0.29) is 10.8 Å². The van der Waals surface area contributed by atoms with Crippen LogP contribution in [0.1, 0.15) is 13.3 Å². The van der Waals surface area contributed by atoms with Gasteiger partial charge in [-0.1, -0.05) is 31.2 Å². The van der Waals surface area contributed by atoms with Crippen LogP contribution in [-0.4, -0.2) is 14.3 Å². The Morgan fingerprint density at radius 2 is 1.79 bits per heavy atom. The van der Waals surface area contributed by atoms with Gasteiger partial charge >= 0.3 is 0 Å². The number of amides is 1. The molecule has 0 fully saturated rings. The van der Waals surface area contributed by atoms with Crippen LogP contribution in [0.15, 0.2) is 41.3 Å². The quantitative estimate of drug-likeness (QED) is 0.885. The average Bonchev–Trinajstić information content (AvgIpc) is 2.37. The second kappa shape index (κ2) is 5.19.